The molecule has 0 unspecified atom stereocenters. The van der Waals surface area contributed by atoms with Crippen molar-refractivity contribution in [2.45, 2.75) is 0 Å². The van der Waals surface area contributed by atoms with Crippen molar-refractivity contribution in [3.63, 3.8) is 0 Å². The summed E-state index contributed by atoms with van der Waals surface area (Å²) in [5, 5.41) is 22.5. The third-order valence-corrected chi connectivity index (χ3v) is 6.24. The van der Waals surface area contributed by atoms with Crippen molar-refractivity contribution in [3.8, 4) is 21.9 Å². The molecule has 1 aromatic heterocycles. The van der Waals surface area contributed by atoms with Gasteiger partial charge in [0.2, 0.25) is 0 Å². The summed E-state index contributed by atoms with van der Waals surface area (Å²) in [6.07, 6.45) is 0. The van der Waals surface area contributed by atoms with Gasteiger partial charge in [0.05, 0.1) is 0 Å². The van der Waals surface area contributed by atoms with E-state index < -0.39 is 0 Å². The third kappa shape index (κ3) is 3.04. The molecule has 0 aliphatic carbocycles. The van der Waals surface area contributed by atoms with Crippen LogP contribution in [0.15, 0.2) is 84.9 Å². The number of phenols is 2. The van der Waals surface area contributed by atoms with Gasteiger partial charge in [-0.15, -0.1) is 11.3 Å². The molecule has 140 valence electrons. The Morgan fingerprint density at radius 3 is 2.24 bits per heavy atom. The van der Waals surface area contributed by atoms with E-state index in [1.165, 1.54) is 11.3 Å². The molecule has 5 rings (SSSR count). The fourth-order valence-electron chi connectivity index (χ4n) is 3.60. The predicted molar refractivity (Wildman–Crippen MR) is 118 cm³/mol. The highest BCUT2D eigenvalue weighted by atomic mass is 32.1. The lowest BCUT2D eigenvalue weighted by Crippen LogP contribution is -2.02. The first-order valence-corrected chi connectivity index (χ1v) is 10.0. The highest BCUT2D eigenvalue weighted by Gasteiger charge is 2.22. The number of carbonyl (C=O) groups is 1. The summed E-state index contributed by atoms with van der Waals surface area (Å²) in [5.74, 6) is 0.284. The molecule has 29 heavy (non-hydrogen) atoms. The summed E-state index contributed by atoms with van der Waals surface area (Å²) < 4.78 is 0.845. The quantitative estimate of drug-likeness (QED) is 0.349. The number of hydrogen-bond acceptors (Lipinski definition) is 4. The summed E-state index contributed by atoms with van der Waals surface area (Å²) in [7, 11) is 0. The van der Waals surface area contributed by atoms with Gasteiger partial charge in [0, 0.05) is 26.1 Å². The zero-order valence-electron chi connectivity index (χ0n) is 15.3. The van der Waals surface area contributed by atoms with Crippen LogP contribution in [0.1, 0.15) is 15.9 Å². The van der Waals surface area contributed by atoms with Gasteiger partial charge < -0.3 is 10.2 Å². The molecule has 0 bridgehead atoms. The Labute approximate surface area is 171 Å². The number of thiophene rings is 1. The monoisotopic (exact) mass is 396 g/mol. The van der Waals surface area contributed by atoms with Crippen LogP contribution >= 0.6 is 11.3 Å². The maximum atomic E-state index is 13.6. The van der Waals surface area contributed by atoms with Crippen molar-refractivity contribution in [3.05, 3.63) is 96.1 Å². The van der Waals surface area contributed by atoms with Crippen LogP contribution in [-0.2, 0) is 0 Å². The van der Waals surface area contributed by atoms with Crippen LogP contribution in [0.2, 0.25) is 0 Å². The molecule has 0 amide bonds. The third-order valence-electron chi connectivity index (χ3n) is 5.04. The van der Waals surface area contributed by atoms with Crippen molar-refractivity contribution >= 4 is 38.0 Å². The Hall–Kier alpha value is -3.63. The molecule has 4 aromatic carbocycles. The summed E-state index contributed by atoms with van der Waals surface area (Å²) in [5.41, 5.74) is 2.09. The van der Waals surface area contributed by atoms with Crippen LogP contribution < -0.4 is 0 Å². The molecule has 2 N–H and O–H groups in total. The highest BCUT2D eigenvalue weighted by Crippen LogP contribution is 2.41. The second kappa shape index (κ2) is 6.76. The molecule has 0 radical (unpaired) electrons. The second-order valence-corrected chi connectivity index (χ2v) is 7.98. The van der Waals surface area contributed by atoms with Gasteiger partial charge in [-0.25, -0.2) is 0 Å². The Balaban J connectivity index is 1.74. The minimum atomic E-state index is -0.0595. The molecule has 0 spiro atoms. The number of rotatable bonds is 3. The van der Waals surface area contributed by atoms with E-state index >= 15 is 0 Å². The summed E-state index contributed by atoms with van der Waals surface area (Å²) in [6.45, 7) is 0. The number of fused-ring (bicyclic) bond motifs is 2. The number of phenolic OH excluding ortho intramolecular Hbond substituents is 2. The number of aromatic hydroxyl groups is 2. The zero-order chi connectivity index (χ0) is 20.0. The molecule has 0 saturated carbocycles. The maximum Gasteiger partial charge on any atom is 0.195 e. The largest absolute Gasteiger partial charge is 0.508 e. The topological polar surface area (TPSA) is 57.5 Å². The second-order valence-electron chi connectivity index (χ2n) is 6.92. The maximum absolute atomic E-state index is 13.6. The van der Waals surface area contributed by atoms with Crippen LogP contribution in [0.3, 0.4) is 0 Å². The van der Waals surface area contributed by atoms with Gasteiger partial charge in [0.1, 0.15) is 11.5 Å². The lowest BCUT2D eigenvalue weighted by molar-refractivity contribution is 0.104. The molecular weight excluding hydrogens is 380 g/mol. The normalized spacial score (nSPS) is 11.2. The van der Waals surface area contributed by atoms with Crippen molar-refractivity contribution in [1.82, 2.24) is 0 Å². The first kappa shape index (κ1) is 17.5. The smallest absolute Gasteiger partial charge is 0.195 e. The standard InChI is InChI=1S/C25H16O3S/c26-19-9-7-16(8-10-19)25-23(21-12-11-20(27)14-22(21)29-25)24(28)18-6-5-15-3-1-2-4-17(15)13-18/h1-14,26-27H. The Bertz CT molecular complexity index is 1380. The van der Waals surface area contributed by atoms with E-state index in [1.54, 1.807) is 42.5 Å². The van der Waals surface area contributed by atoms with Crippen LogP contribution in [0.5, 0.6) is 11.5 Å². The molecule has 4 heteroatoms. The number of carbonyl (C=O) groups excluding carboxylic acids is 1. The van der Waals surface area contributed by atoms with Gasteiger partial charge in [-0.3, -0.25) is 4.79 Å². The van der Waals surface area contributed by atoms with E-state index in [2.05, 4.69) is 0 Å². The highest BCUT2D eigenvalue weighted by molar-refractivity contribution is 7.22. The van der Waals surface area contributed by atoms with Gasteiger partial charge >= 0.3 is 0 Å². The van der Waals surface area contributed by atoms with Crippen molar-refractivity contribution in [1.29, 1.82) is 0 Å². The number of benzene rings is 4. The Morgan fingerprint density at radius 2 is 1.45 bits per heavy atom. The number of ketones is 1. The first-order valence-electron chi connectivity index (χ1n) is 9.18. The van der Waals surface area contributed by atoms with Gasteiger partial charge in [-0.05, 0) is 64.9 Å². The van der Waals surface area contributed by atoms with Crippen molar-refractivity contribution < 1.29 is 15.0 Å². The lowest BCUT2D eigenvalue weighted by Gasteiger charge is -2.07. The Morgan fingerprint density at radius 1 is 0.724 bits per heavy atom. The van der Waals surface area contributed by atoms with Crippen LogP contribution in [0.25, 0.3) is 31.3 Å². The minimum absolute atomic E-state index is 0.0595. The van der Waals surface area contributed by atoms with E-state index in [-0.39, 0.29) is 17.3 Å². The van der Waals surface area contributed by atoms with Gasteiger partial charge in [0.25, 0.3) is 0 Å². The molecular formula is C25H16O3S. The van der Waals surface area contributed by atoms with Gasteiger partial charge in [-0.1, -0.05) is 36.4 Å². The zero-order valence-corrected chi connectivity index (χ0v) is 16.1. The summed E-state index contributed by atoms with van der Waals surface area (Å²) in [6, 6.07) is 25.6. The average Bonchev–Trinajstić information content (AvgIpc) is 3.11. The van der Waals surface area contributed by atoms with Crippen molar-refractivity contribution in [2.24, 2.45) is 0 Å². The molecule has 5 aromatic rings. The molecule has 3 nitrogen and oxygen atoms in total. The molecule has 1 heterocycles. The fourth-order valence-corrected chi connectivity index (χ4v) is 4.84. The van der Waals surface area contributed by atoms with E-state index in [1.807, 2.05) is 42.5 Å². The van der Waals surface area contributed by atoms with Crippen LogP contribution in [-0.4, -0.2) is 16.0 Å². The fraction of sp³-hybridized carbons (Fsp3) is 0. The summed E-state index contributed by atoms with van der Waals surface area (Å²) >= 11 is 1.46. The Kier molecular flexibility index (Phi) is 4.07. The van der Waals surface area contributed by atoms with Gasteiger partial charge in [-0.2, -0.15) is 0 Å². The molecule has 0 saturated heterocycles. The van der Waals surface area contributed by atoms with E-state index in [4.69, 9.17) is 0 Å². The molecule has 0 aliphatic rings. The first-order chi connectivity index (χ1) is 14.1. The van der Waals surface area contributed by atoms with Crippen LogP contribution in [0, 0.1) is 0 Å². The van der Waals surface area contributed by atoms with E-state index in [9.17, 15) is 15.0 Å². The van der Waals surface area contributed by atoms with Gasteiger partial charge in [0.15, 0.2) is 5.78 Å². The molecule has 0 aliphatic heterocycles. The molecule has 0 atom stereocenters. The summed E-state index contributed by atoms with van der Waals surface area (Å²) in [4.78, 5) is 14.4. The minimum Gasteiger partial charge on any atom is -0.508 e. The van der Waals surface area contributed by atoms with E-state index in [0.29, 0.717) is 11.1 Å². The average molecular weight is 396 g/mol. The van der Waals surface area contributed by atoms with Crippen LogP contribution in [0.4, 0.5) is 0 Å². The SMILES string of the molecule is O=C(c1ccc2ccccc2c1)c1c(-c2ccc(O)cc2)sc2cc(O)ccc12. The molecule has 0 fully saturated rings. The number of hydrogen-bond donors (Lipinski definition) is 2. The van der Waals surface area contributed by atoms with E-state index in [0.717, 1.165) is 31.3 Å². The van der Waals surface area contributed by atoms with Crippen molar-refractivity contribution in [2.75, 3.05) is 0 Å². The lowest BCUT2D eigenvalue weighted by atomic mass is 9.96. The predicted octanol–water partition coefficient (Wildman–Crippen LogP) is 6.36.